The molecule has 0 radical (unpaired) electrons. The number of aromatic nitrogens is 5. The zero-order valence-electron chi connectivity index (χ0n) is 17.2. The largest absolute Gasteiger partial charge is 0.327 e. The fraction of sp³-hybridized carbons (Fsp3) is 0.136. The number of amides is 1. The van der Waals surface area contributed by atoms with Gasteiger partial charge in [-0.3, -0.25) is 4.79 Å². The molecule has 0 saturated heterocycles. The van der Waals surface area contributed by atoms with Crippen LogP contribution in [-0.4, -0.2) is 36.4 Å². The third-order valence-electron chi connectivity index (χ3n) is 4.99. The predicted octanol–water partition coefficient (Wildman–Crippen LogP) is 5.60. The van der Waals surface area contributed by atoms with Crippen LogP contribution >= 0.6 is 46.3 Å². The van der Waals surface area contributed by atoms with Crippen molar-refractivity contribution in [3.8, 4) is 0 Å². The van der Waals surface area contributed by atoms with Crippen LogP contribution < -0.4 is 5.32 Å². The molecule has 0 unspecified atom stereocenters. The molecule has 11 heteroatoms. The smallest absolute Gasteiger partial charge is 0.236 e. The molecule has 1 amide bonds. The van der Waals surface area contributed by atoms with Gasteiger partial charge in [0.2, 0.25) is 11.1 Å². The molecule has 0 fully saturated rings. The number of nitrogens with one attached hydrogen (secondary N) is 1. The first-order valence-electron chi connectivity index (χ1n) is 9.87. The SMILES string of the molecule is Cn1c2ccccc2c2nnc(SCC(=O)Nc3ncc(Cc4cc(Cl)ccc4Cl)s3)nc21. The fourth-order valence-electron chi connectivity index (χ4n) is 3.45. The van der Waals surface area contributed by atoms with Crippen molar-refractivity contribution in [1.29, 1.82) is 0 Å². The van der Waals surface area contributed by atoms with Crippen molar-refractivity contribution in [2.45, 2.75) is 11.6 Å². The van der Waals surface area contributed by atoms with Crippen LogP contribution in [0.1, 0.15) is 10.4 Å². The summed E-state index contributed by atoms with van der Waals surface area (Å²) in [6.07, 6.45) is 2.32. The van der Waals surface area contributed by atoms with Crippen LogP contribution in [0.2, 0.25) is 10.0 Å². The Kier molecular flexibility index (Phi) is 6.20. The van der Waals surface area contributed by atoms with Crippen molar-refractivity contribution < 1.29 is 4.79 Å². The van der Waals surface area contributed by atoms with Gasteiger partial charge in [0.15, 0.2) is 10.8 Å². The van der Waals surface area contributed by atoms with Crippen molar-refractivity contribution >= 4 is 79.4 Å². The molecule has 0 aliphatic rings. The third kappa shape index (κ3) is 4.67. The van der Waals surface area contributed by atoms with Crippen molar-refractivity contribution in [2.75, 3.05) is 11.1 Å². The van der Waals surface area contributed by atoms with E-state index in [4.69, 9.17) is 23.2 Å². The maximum atomic E-state index is 12.4. The molecule has 33 heavy (non-hydrogen) atoms. The van der Waals surface area contributed by atoms with Crippen LogP contribution in [0.4, 0.5) is 5.13 Å². The van der Waals surface area contributed by atoms with Crippen LogP contribution in [0, 0.1) is 0 Å². The summed E-state index contributed by atoms with van der Waals surface area (Å²) in [6.45, 7) is 0. The lowest BCUT2D eigenvalue weighted by Crippen LogP contribution is -2.14. The Morgan fingerprint density at radius 2 is 2.03 bits per heavy atom. The van der Waals surface area contributed by atoms with Gasteiger partial charge in [-0.15, -0.1) is 21.5 Å². The number of thiazole rings is 1. The Morgan fingerprint density at radius 3 is 2.91 bits per heavy atom. The standard InChI is InChI=1S/C22H16Cl2N6OS2/c1-30-17-5-3-2-4-15(17)19-20(30)27-22(29-28-19)32-11-18(31)26-21-25-10-14(33-21)9-12-8-13(23)6-7-16(12)24/h2-8,10H,9,11H2,1H3,(H,25,26,31). The normalized spacial score (nSPS) is 11.4. The molecule has 3 aromatic heterocycles. The summed E-state index contributed by atoms with van der Waals surface area (Å²) in [4.78, 5) is 22.3. The minimum Gasteiger partial charge on any atom is -0.327 e. The van der Waals surface area contributed by atoms with Gasteiger partial charge < -0.3 is 9.88 Å². The number of carbonyl (C=O) groups is 1. The summed E-state index contributed by atoms with van der Waals surface area (Å²) >= 11 is 14.9. The molecule has 5 aromatic rings. The number of benzene rings is 2. The van der Waals surface area contributed by atoms with E-state index in [0.717, 1.165) is 32.5 Å². The Bertz CT molecular complexity index is 1500. The average molecular weight is 515 g/mol. The highest BCUT2D eigenvalue weighted by Crippen LogP contribution is 2.28. The number of para-hydroxylation sites is 1. The lowest BCUT2D eigenvalue weighted by atomic mass is 10.1. The van der Waals surface area contributed by atoms with Crippen LogP contribution in [0.3, 0.4) is 0 Å². The minimum atomic E-state index is -0.192. The van der Waals surface area contributed by atoms with Crippen molar-refractivity contribution in [3.63, 3.8) is 0 Å². The van der Waals surface area contributed by atoms with E-state index in [9.17, 15) is 4.79 Å². The second kappa shape index (κ2) is 9.26. The molecule has 7 nitrogen and oxygen atoms in total. The second-order valence-electron chi connectivity index (χ2n) is 7.22. The first-order chi connectivity index (χ1) is 16.0. The molecule has 3 heterocycles. The predicted molar refractivity (Wildman–Crippen MR) is 135 cm³/mol. The monoisotopic (exact) mass is 514 g/mol. The molecular formula is C22H16Cl2N6OS2. The first-order valence-corrected chi connectivity index (χ1v) is 12.4. The lowest BCUT2D eigenvalue weighted by Gasteiger charge is -2.03. The molecule has 0 aliphatic carbocycles. The number of nitrogens with zero attached hydrogens (tertiary/aromatic N) is 5. The Hall–Kier alpha value is -2.72. The van der Waals surface area contributed by atoms with Gasteiger partial charge in [0.05, 0.1) is 11.3 Å². The number of rotatable bonds is 6. The molecule has 0 spiro atoms. The highest BCUT2D eigenvalue weighted by atomic mass is 35.5. The number of anilines is 1. The van der Waals surface area contributed by atoms with E-state index in [0.29, 0.717) is 26.8 Å². The van der Waals surface area contributed by atoms with E-state index in [-0.39, 0.29) is 11.7 Å². The van der Waals surface area contributed by atoms with E-state index in [1.54, 1.807) is 18.3 Å². The summed E-state index contributed by atoms with van der Waals surface area (Å²) < 4.78 is 1.98. The topological polar surface area (TPSA) is 85.6 Å². The Morgan fingerprint density at radius 1 is 1.18 bits per heavy atom. The minimum absolute atomic E-state index is 0.145. The number of halogens is 2. The van der Waals surface area contributed by atoms with E-state index < -0.39 is 0 Å². The van der Waals surface area contributed by atoms with Crippen LogP contribution in [0.15, 0.2) is 53.8 Å². The second-order valence-corrected chi connectivity index (χ2v) is 10.1. The molecule has 5 rings (SSSR count). The number of hydrogen-bond donors (Lipinski definition) is 1. The van der Waals surface area contributed by atoms with E-state index in [1.807, 2.05) is 41.9 Å². The molecular weight excluding hydrogens is 499 g/mol. The molecule has 0 atom stereocenters. The zero-order valence-corrected chi connectivity index (χ0v) is 20.4. The van der Waals surface area contributed by atoms with Gasteiger partial charge in [0.1, 0.15) is 5.52 Å². The number of aryl methyl sites for hydroxylation is 1. The zero-order chi connectivity index (χ0) is 22.9. The highest BCUT2D eigenvalue weighted by Gasteiger charge is 2.14. The van der Waals surface area contributed by atoms with Crippen LogP contribution in [-0.2, 0) is 18.3 Å². The molecule has 2 aromatic carbocycles. The van der Waals surface area contributed by atoms with Crippen LogP contribution in [0.25, 0.3) is 22.1 Å². The average Bonchev–Trinajstić information content (AvgIpc) is 3.37. The summed E-state index contributed by atoms with van der Waals surface area (Å²) in [5.41, 5.74) is 3.43. The summed E-state index contributed by atoms with van der Waals surface area (Å²) in [5, 5.41) is 14.6. The van der Waals surface area contributed by atoms with Gasteiger partial charge in [0.25, 0.3) is 0 Å². The van der Waals surface area contributed by atoms with Gasteiger partial charge in [-0.05, 0) is 29.8 Å². The van der Waals surface area contributed by atoms with E-state index >= 15 is 0 Å². The number of carbonyl (C=O) groups excluding carboxylic acids is 1. The van der Waals surface area contributed by atoms with Gasteiger partial charge in [-0.2, -0.15) is 0 Å². The van der Waals surface area contributed by atoms with Gasteiger partial charge in [0, 0.05) is 40.0 Å². The van der Waals surface area contributed by atoms with E-state index in [1.165, 1.54) is 23.1 Å². The molecule has 1 N–H and O–H groups in total. The van der Waals surface area contributed by atoms with E-state index in [2.05, 4.69) is 25.5 Å². The Balaban J connectivity index is 1.23. The third-order valence-corrected chi connectivity index (χ3v) is 7.35. The molecule has 0 saturated carbocycles. The van der Waals surface area contributed by atoms with Crippen molar-refractivity contribution in [2.24, 2.45) is 7.05 Å². The summed E-state index contributed by atoms with van der Waals surface area (Å²) in [7, 11) is 1.94. The Labute approximate surface area is 207 Å². The number of hydrogen-bond acceptors (Lipinski definition) is 7. The van der Waals surface area contributed by atoms with Crippen molar-refractivity contribution in [1.82, 2.24) is 24.7 Å². The fourth-order valence-corrected chi connectivity index (χ4v) is 5.26. The maximum Gasteiger partial charge on any atom is 0.236 e. The van der Waals surface area contributed by atoms with Gasteiger partial charge >= 0.3 is 0 Å². The first kappa shape index (κ1) is 22.1. The molecule has 166 valence electrons. The highest BCUT2D eigenvalue weighted by molar-refractivity contribution is 7.99. The number of fused-ring (bicyclic) bond motifs is 3. The van der Waals surface area contributed by atoms with Crippen LogP contribution in [0.5, 0.6) is 0 Å². The molecule has 0 aliphatic heterocycles. The lowest BCUT2D eigenvalue weighted by molar-refractivity contribution is -0.113. The summed E-state index contributed by atoms with van der Waals surface area (Å²) in [5.74, 6) is -0.0472. The maximum absolute atomic E-state index is 12.4. The van der Waals surface area contributed by atoms with Gasteiger partial charge in [-0.25, -0.2) is 9.97 Å². The van der Waals surface area contributed by atoms with Crippen molar-refractivity contribution in [3.05, 3.63) is 69.1 Å². The van der Waals surface area contributed by atoms with Gasteiger partial charge in [-0.1, -0.05) is 53.2 Å². The quantitative estimate of drug-likeness (QED) is 0.296. The summed E-state index contributed by atoms with van der Waals surface area (Å²) in [6, 6.07) is 13.3. The number of thioether (sulfide) groups is 1. The molecule has 0 bridgehead atoms.